The molecule has 1 aliphatic heterocycles. The normalized spacial score (nSPS) is 20.6. The van der Waals surface area contributed by atoms with Crippen molar-refractivity contribution in [3.05, 3.63) is 21.4 Å². The molecule has 2 heterocycles. The molecule has 1 aliphatic rings. The molecule has 2 rings (SSSR count). The summed E-state index contributed by atoms with van der Waals surface area (Å²) in [6, 6.07) is 1.97. The van der Waals surface area contributed by atoms with Gasteiger partial charge in [-0.2, -0.15) is 12.6 Å². The average molecular weight is 348 g/mol. The Labute approximate surface area is 114 Å². The van der Waals surface area contributed by atoms with Gasteiger partial charge in [-0.05, 0) is 52.8 Å². The molecule has 0 bridgehead atoms. The van der Waals surface area contributed by atoms with Crippen molar-refractivity contribution in [3.63, 3.8) is 0 Å². The van der Waals surface area contributed by atoms with Gasteiger partial charge in [-0.15, -0.1) is 0 Å². The third-order valence-electron chi connectivity index (χ3n) is 2.77. The number of amides is 1. The van der Waals surface area contributed by atoms with Gasteiger partial charge in [-0.3, -0.25) is 9.69 Å². The molecule has 86 valence electrons. The molecule has 1 saturated heterocycles. The highest BCUT2D eigenvalue weighted by atomic mass is 127. The van der Waals surface area contributed by atoms with Crippen LogP contribution in [0.4, 0.5) is 5.82 Å². The van der Waals surface area contributed by atoms with Crippen molar-refractivity contribution in [3.8, 4) is 0 Å². The number of rotatable bonds is 2. The Morgan fingerprint density at radius 3 is 3.00 bits per heavy atom. The van der Waals surface area contributed by atoms with Crippen LogP contribution in [0, 0.1) is 16.4 Å². The minimum atomic E-state index is 0.159. The number of halogens is 1. The van der Waals surface area contributed by atoms with E-state index >= 15 is 0 Å². The second-order valence-corrected chi connectivity index (χ2v) is 5.58. The third kappa shape index (κ3) is 2.34. The van der Waals surface area contributed by atoms with E-state index in [1.807, 2.05) is 19.2 Å². The summed E-state index contributed by atoms with van der Waals surface area (Å²) in [5.41, 5.74) is 1.16. The zero-order valence-corrected chi connectivity index (χ0v) is 12.0. The number of aryl methyl sites for hydroxylation is 1. The predicted octanol–water partition coefficient (Wildman–Crippen LogP) is 2.28. The van der Waals surface area contributed by atoms with Crippen LogP contribution in [0.15, 0.2) is 12.3 Å². The first kappa shape index (κ1) is 12.2. The minimum absolute atomic E-state index is 0.159. The Hall–Kier alpha value is -0.300. The highest BCUT2D eigenvalue weighted by Crippen LogP contribution is 2.25. The van der Waals surface area contributed by atoms with E-state index in [1.165, 1.54) is 0 Å². The van der Waals surface area contributed by atoms with E-state index in [0.29, 0.717) is 12.3 Å². The second kappa shape index (κ2) is 4.91. The summed E-state index contributed by atoms with van der Waals surface area (Å²) in [4.78, 5) is 17.9. The Balaban J connectivity index is 2.24. The van der Waals surface area contributed by atoms with Crippen molar-refractivity contribution in [1.82, 2.24) is 4.98 Å². The van der Waals surface area contributed by atoms with E-state index in [9.17, 15) is 4.79 Å². The van der Waals surface area contributed by atoms with Crippen LogP contribution in [0.3, 0.4) is 0 Å². The maximum atomic E-state index is 11.8. The topological polar surface area (TPSA) is 33.2 Å². The van der Waals surface area contributed by atoms with Crippen LogP contribution in [0.5, 0.6) is 0 Å². The van der Waals surface area contributed by atoms with Gasteiger partial charge in [0.2, 0.25) is 5.91 Å². The van der Waals surface area contributed by atoms with E-state index in [1.54, 1.807) is 4.90 Å². The molecular formula is C11H13IN2OS. The fourth-order valence-corrected chi connectivity index (χ4v) is 2.34. The van der Waals surface area contributed by atoms with Crippen LogP contribution >= 0.6 is 35.2 Å². The number of hydrogen-bond acceptors (Lipinski definition) is 3. The standard InChI is InChI=1S/C11H13IN2OS/c1-7-2-10(13-4-9(7)12)14-5-8(6-16)3-11(14)15/h2,4,8,16H,3,5-6H2,1H3. The lowest BCUT2D eigenvalue weighted by Gasteiger charge is -2.16. The first-order valence-electron chi connectivity index (χ1n) is 5.15. The molecule has 1 aromatic heterocycles. The van der Waals surface area contributed by atoms with Crippen molar-refractivity contribution in [2.75, 3.05) is 17.2 Å². The summed E-state index contributed by atoms with van der Waals surface area (Å²) < 4.78 is 1.12. The van der Waals surface area contributed by atoms with E-state index in [0.717, 1.165) is 27.2 Å². The fraction of sp³-hybridized carbons (Fsp3) is 0.455. The van der Waals surface area contributed by atoms with Gasteiger partial charge in [-0.1, -0.05) is 0 Å². The van der Waals surface area contributed by atoms with Gasteiger partial charge in [0.1, 0.15) is 5.82 Å². The van der Waals surface area contributed by atoms with Gasteiger partial charge in [-0.25, -0.2) is 4.98 Å². The van der Waals surface area contributed by atoms with Crippen LogP contribution in [0.2, 0.25) is 0 Å². The van der Waals surface area contributed by atoms with Crippen molar-refractivity contribution in [1.29, 1.82) is 0 Å². The van der Waals surface area contributed by atoms with Gasteiger partial charge in [0.25, 0.3) is 0 Å². The lowest BCUT2D eigenvalue weighted by atomic mass is 10.1. The zero-order chi connectivity index (χ0) is 11.7. The van der Waals surface area contributed by atoms with Crippen molar-refractivity contribution in [2.45, 2.75) is 13.3 Å². The quantitative estimate of drug-likeness (QED) is 0.657. The number of thiol groups is 1. The third-order valence-corrected chi connectivity index (χ3v) is 4.42. The average Bonchev–Trinajstić information content (AvgIpc) is 2.64. The monoisotopic (exact) mass is 348 g/mol. The highest BCUT2D eigenvalue weighted by molar-refractivity contribution is 14.1. The van der Waals surface area contributed by atoms with E-state index in [4.69, 9.17) is 0 Å². The Morgan fingerprint density at radius 2 is 2.44 bits per heavy atom. The lowest BCUT2D eigenvalue weighted by molar-refractivity contribution is -0.117. The molecular weight excluding hydrogens is 335 g/mol. The van der Waals surface area contributed by atoms with Gasteiger partial charge < -0.3 is 0 Å². The van der Waals surface area contributed by atoms with Crippen LogP contribution in [-0.2, 0) is 4.79 Å². The molecule has 1 unspecified atom stereocenters. The molecule has 1 aromatic rings. The molecule has 1 atom stereocenters. The van der Waals surface area contributed by atoms with Crippen molar-refractivity contribution >= 4 is 46.9 Å². The van der Waals surface area contributed by atoms with E-state index < -0.39 is 0 Å². The van der Waals surface area contributed by atoms with Crippen LogP contribution in [0.25, 0.3) is 0 Å². The summed E-state index contributed by atoms with van der Waals surface area (Å²) in [6.45, 7) is 2.78. The van der Waals surface area contributed by atoms with Gasteiger partial charge in [0, 0.05) is 22.7 Å². The maximum absolute atomic E-state index is 11.8. The molecule has 0 spiro atoms. The van der Waals surface area contributed by atoms with Crippen LogP contribution in [0.1, 0.15) is 12.0 Å². The van der Waals surface area contributed by atoms with E-state index in [-0.39, 0.29) is 5.91 Å². The number of anilines is 1. The molecule has 5 heteroatoms. The van der Waals surface area contributed by atoms with Crippen LogP contribution in [-0.4, -0.2) is 23.2 Å². The smallest absolute Gasteiger partial charge is 0.228 e. The number of carbonyl (C=O) groups excluding carboxylic acids is 1. The molecule has 16 heavy (non-hydrogen) atoms. The predicted molar refractivity (Wildman–Crippen MR) is 76.0 cm³/mol. The molecule has 0 aromatic carbocycles. The van der Waals surface area contributed by atoms with Gasteiger partial charge >= 0.3 is 0 Å². The highest BCUT2D eigenvalue weighted by Gasteiger charge is 2.30. The second-order valence-electron chi connectivity index (χ2n) is 4.05. The molecule has 0 aliphatic carbocycles. The maximum Gasteiger partial charge on any atom is 0.228 e. The number of carbonyl (C=O) groups is 1. The Bertz CT molecular complexity index is 424. The molecule has 1 amide bonds. The molecule has 0 radical (unpaired) electrons. The first-order chi connectivity index (χ1) is 7.61. The summed E-state index contributed by atoms with van der Waals surface area (Å²) in [5.74, 6) is 2.04. The van der Waals surface area contributed by atoms with Crippen molar-refractivity contribution < 1.29 is 4.79 Å². The van der Waals surface area contributed by atoms with Crippen molar-refractivity contribution in [2.24, 2.45) is 5.92 Å². The van der Waals surface area contributed by atoms with Gasteiger partial charge in [0.05, 0.1) is 0 Å². The molecule has 1 fully saturated rings. The van der Waals surface area contributed by atoms with Gasteiger partial charge in [0.15, 0.2) is 0 Å². The Morgan fingerprint density at radius 1 is 1.69 bits per heavy atom. The number of hydrogen-bond donors (Lipinski definition) is 1. The van der Waals surface area contributed by atoms with E-state index in [2.05, 4.69) is 40.2 Å². The first-order valence-corrected chi connectivity index (χ1v) is 6.86. The molecule has 0 saturated carbocycles. The molecule has 3 nitrogen and oxygen atoms in total. The number of nitrogens with zero attached hydrogens (tertiary/aromatic N) is 2. The summed E-state index contributed by atoms with van der Waals surface area (Å²) in [5, 5.41) is 0. The summed E-state index contributed by atoms with van der Waals surface area (Å²) in [6.07, 6.45) is 2.41. The summed E-state index contributed by atoms with van der Waals surface area (Å²) in [7, 11) is 0. The summed E-state index contributed by atoms with van der Waals surface area (Å²) >= 11 is 6.49. The minimum Gasteiger partial charge on any atom is -0.296 e. The lowest BCUT2D eigenvalue weighted by Crippen LogP contribution is -2.25. The van der Waals surface area contributed by atoms with Crippen LogP contribution < -0.4 is 4.90 Å². The SMILES string of the molecule is Cc1cc(N2CC(CS)CC2=O)ncc1I. The fourth-order valence-electron chi connectivity index (χ4n) is 1.80. The Kier molecular flexibility index (Phi) is 3.73. The number of pyridine rings is 1. The number of aromatic nitrogens is 1. The molecule has 0 N–H and O–H groups in total. The largest absolute Gasteiger partial charge is 0.296 e. The zero-order valence-electron chi connectivity index (χ0n) is 8.98.